The Morgan fingerprint density at radius 3 is 2.37 bits per heavy atom. The minimum absolute atomic E-state index is 0.102. The summed E-state index contributed by atoms with van der Waals surface area (Å²) >= 11 is 0. The minimum Gasteiger partial charge on any atom is -0.312 e. The van der Waals surface area contributed by atoms with Gasteiger partial charge in [-0.3, -0.25) is 4.79 Å². The highest BCUT2D eigenvalue weighted by molar-refractivity contribution is 7.89. The van der Waals surface area contributed by atoms with Gasteiger partial charge in [-0.2, -0.15) is 0 Å². The summed E-state index contributed by atoms with van der Waals surface area (Å²) in [5, 5.41) is 0. The Hall–Kier alpha value is -1.40. The Kier molecular flexibility index (Phi) is 3.06. The summed E-state index contributed by atoms with van der Waals surface area (Å²) in [5.41, 5.74) is 0.771. The molecule has 1 amide bonds. The summed E-state index contributed by atoms with van der Waals surface area (Å²) in [5.74, 6) is 0.103. The summed E-state index contributed by atoms with van der Waals surface area (Å²) in [4.78, 5) is 13.6. The van der Waals surface area contributed by atoms with Crippen molar-refractivity contribution in [2.75, 3.05) is 11.4 Å². The second kappa shape index (κ2) is 4.61. The standard InChI is InChI=1S/C13H16N2O3S/c16-13-2-1-9-15(13)11-5-7-12(8-6-11)19(17,18)14-10-3-4-10/h5-8,10,14H,1-4,9H2. The Labute approximate surface area is 112 Å². The molecule has 0 aromatic heterocycles. The molecule has 102 valence electrons. The van der Waals surface area contributed by atoms with Crippen LogP contribution in [0.4, 0.5) is 5.69 Å². The lowest BCUT2D eigenvalue weighted by Crippen LogP contribution is -2.26. The second-order valence-corrected chi connectivity index (χ2v) is 6.75. The van der Waals surface area contributed by atoms with Gasteiger partial charge in [0.15, 0.2) is 0 Å². The second-order valence-electron chi connectivity index (χ2n) is 5.04. The molecule has 3 rings (SSSR count). The molecule has 1 aliphatic carbocycles. The maximum atomic E-state index is 12.0. The third-order valence-electron chi connectivity index (χ3n) is 3.43. The van der Waals surface area contributed by atoms with E-state index in [0.717, 1.165) is 24.9 Å². The number of hydrogen-bond donors (Lipinski definition) is 1. The van der Waals surface area contributed by atoms with Crippen LogP contribution >= 0.6 is 0 Å². The minimum atomic E-state index is -3.40. The van der Waals surface area contributed by atoms with Gasteiger partial charge in [0.05, 0.1) is 4.90 Å². The van der Waals surface area contributed by atoms with Crippen LogP contribution in [0, 0.1) is 0 Å². The fourth-order valence-corrected chi connectivity index (χ4v) is 3.52. The maximum Gasteiger partial charge on any atom is 0.240 e. The fraction of sp³-hybridized carbons (Fsp3) is 0.462. The molecule has 1 N–H and O–H groups in total. The van der Waals surface area contributed by atoms with E-state index in [0.29, 0.717) is 13.0 Å². The smallest absolute Gasteiger partial charge is 0.240 e. The van der Waals surface area contributed by atoms with Gasteiger partial charge >= 0.3 is 0 Å². The topological polar surface area (TPSA) is 66.5 Å². The molecule has 2 fully saturated rings. The monoisotopic (exact) mass is 280 g/mol. The van der Waals surface area contributed by atoms with Crippen LogP contribution in [0.3, 0.4) is 0 Å². The fourth-order valence-electron chi connectivity index (χ4n) is 2.22. The normalized spacial score (nSPS) is 20.0. The number of hydrogen-bond acceptors (Lipinski definition) is 3. The molecular weight excluding hydrogens is 264 g/mol. The Bertz CT molecular complexity index is 591. The van der Waals surface area contributed by atoms with Crippen molar-refractivity contribution in [1.82, 2.24) is 4.72 Å². The molecule has 6 heteroatoms. The molecule has 1 saturated carbocycles. The van der Waals surface area contributed by atoms with Crippen molar-refractivity contribution in [2.24, 2.45) is 0 Å². The van der Waals surface area contributed by atoms with Crippen molar-refractivity contribution in [3.8, 4) is 0 Å². The molecule has 19 heavy (non-hydrogen) atoms. The number of nitrogens with zero attached hydrogens (tertiary/aromatic N) is 1. The summed E-state index contributed by atoms with van der Waals surface area (Å²) < 4.78 is 26.6. The number of benzene rings is 1. The first-order valence-electron chi connectivity index (χ1n) is 6.49. The molecule has 1 aromatic rings. The van der Waals surface area contributed by atoms with Gasteiger partial charge in [-0.25, -0.2) is 13.1 Å². The van der Waals surface area contributed by atoms with Crippen LogP contribution < -0.4 is 9.62 Å². The van der Waals surface area contributed by atoms with E-state index in [9.17, 15) is 13.2 Å². The third kappa shape index (κ3) is 2.64. The Morgan fingerprint density at radius 1 is 1.16 bits per heavy atom. The first-order chi connectivity index (χ1) is 9.06. The molecule has 5 nitrogen and oxygen atoms in total. The summed E-state index contributed by atoms with van der Waals surface area (Å²) in [6, 6.07) is 6.62. The van der Waals surface area contributed by atoms with Gasteiger partial charge in [-0.15, -0.1) is 0 Å². The highest BCUT2D eigenvalue weighted by Gasteiger charge is 2.28. The molecule has 1 heterocycles. The van der Waals surface area contributed by atoms with Crippen molar-refractivity contribution in [3.05, 3.63) is 24.3 Å². The quantitative estimate of drug-likeness (QED) is 0.902. The van der Waals surface area contributed by atoms with E-state index in [2.05, 4.69) is 4.72 Å². The maximum absolute atomic E-state index is 12.0. The molecule has 0 radical (unpaired) electrons. The van der Waals surface area contributed by atoms with Crippen molar-refractivity contribution >= 4 is 21.6 Å². The van der Waals surface area contributed by atoms with Gasteiger partial charge in [-0.1, -0.05) is 0 Å². The van der Waals surface area contributed by atoms with Gasteiger partial charge in [0.25, 0.3) is 0 Å². The first-order valence-corrected chi connectivity index (χ1v) is 7.97. The molecule has 1 saturated heterocycles. The molecule has 0 bridgehead atoms. The Balaban J connectivity index is 1.80. The largest absolute Gasteiger partial charge is 0.312 e. The van der Waals surface area contributed by atoms with E-state index in [1.807, 2.05) is 0 Å². The number of anilines is 1. The van der Waals surface area contributed by atoms with Gasteiger partial charge in [0.2, 0.25) is 15.9 Å². The molecule has 0 unspecified atom stereocenters. The number of sulfonamides is 1. The molecular formula is C13H16N2O3S. The number of carbonyl (C=O) groups is 1. The Morgan fingerprint density at radius 2 is 1.84 bits per heavy atom. The molecule has 0 atom stereocenters. The number of carbonyl (C=O) groups excluding carboxylic acids is 1. The van der Waals surface area contributed by atoms with Crippen LogP contribution in [-0.4, -0.2) is 26.9 Å². The van der Waals surface area contributed by atoms with E-state index in [1.165, 1.54) is 0 Å². The van der Waals surface area contributed by atoms with Crippen LogP contribution in [0.1, 0.15) is 25.7 Å². The number of nitrogens with one attached hydrogen (secondary N) is 1. The average Bonchev–Trinajstić information content (AvgIpc) is 3.08. The zero-order valence-corrected chi connectivity index (χ0v) is 11.3. The highest BCUT2D eigenvalue weighted by atomic mass is 32.2. The van der Waals surface area contributed by atoms with Gasteiger partial charge < -0.3 is 4.90 Å². The molecule has 1 aromatic carbocycles. The average molecular weight is 280 g/mol. The number of amides is 1. The molecule has 0 spiro atoms. The molecule has 2 aliphatic rings. The van der Waals surface area contributed by atoms with Gasteiger partial charge in [-0.05, 0) is 43.5 Å². The van der Waals surface area contributed by atoms with Crippen LogP contribution in [-0.2, 0) is 14.8 Å². The summed E-state index contributed by atoms with van der Waals surface area (Å²) in [7, 11) is -3.40. The van der Waals surface area contributed by atoms with Crippen molar-refractivity contribution < 1.29 is 13.2 Å². The number of rotatable bonds is 4. The van der Waals surface area contributed by atoms with Crippen LogP contribution in [0.2, 0.25) is 0 Å². The third-order valence-corrected chi connectivity index (χ3v) is 4.97. The zero-order valence-electron chi connectivity index (χ0n) is 10.5. The van der Waals surface area contributed by atoms with E-state index in [4.69, 9.17) is 0 Å². The predicted molar refractivity (Wildman–Crippen MR) is 71.4 cm³/mol. The van der Waals surface area contributed by atoms with Crippen molar-refractivity contribution in [3.63, 3.8) is 0 Å². The van der Waals surface area contributed by atoms with E-state index >= 15 is 0 Å². The summed E-state index contributed by atoms with van der Waals surface area (Å²) in [6.07, 6.45) is 3.27. The lowest BCUT2D eigenvalue weighted by atomic mass is 10.3. The van der Waals surface area contributed by atoms with Crippen molar-refractivity contribution in [2.45, 2.75) is 36.6 Å². The lowest BCUT2D eigenvalue weighted by molar-refractivity contribution is -0.117. The summed E-state index contributed by atoms with van der Waals surface area (Å²) in [6.45, 7) is 0.714. The SMILES string of the molecule is O=C1CCCN1c1ccc(S(=O)(=O)NC2CC2)cc1. The lowest BCUT2D eigenvalue weighted by Gasteiger charge is -2.16. The zero-order chi connectivity index (χ0) is 13.5. The van der Waals surface area contributed by atoms with Crippen molar-refractivity contribution in [1.29, 1.82) is 0 Å². The van der Waals surface area contributed by atoms with E-state index in [-0.39, 0.29) is 16.8 Å². The highest BCUT2D eigenvalue weighted by Crippen LogP contribution is 2.25. The van der Waals surface area contributed by atoms with Gasteiger partial charge in [0.1, 0.15) is 0 Å². The first kappa shape index (κ1) is 12.6. The van der Waals surface area contributed by atoms with Crippen LogP contribution in [0.25, 0.3) is 0 Å². The van der Waals surface area contributed by atoms with Crippen LogP contribution in [0.5, 0.6) is 0 Å². The predicted octanol–water partition coefficient (Wildman–Crippen LogP) is 1.25. The van der Waals surface area contributed by atoms with E-state index in [1.54, 1.807) is 29.2 Å². The molecule has 1 aliphatic heterocycles. The van der Waals surface area contributed by atoms with Crippen LogP contribution in [0.15, 0.2) is 29.2 Å². The van der Waals surface area contributed by atoms with E-state index < -0.39 is 10.0 Å². The van der Waals surface area contributed by atoms with Gasteiger partial charge in [0, 0.05) is 24.7 Å².